The first kappa shape index (κ1) is 14.6. The molecule has 1 aromatic heterocycles. The van der Waals surface area contributed by atoms with E-state index in [1.54, 1.807) is 17.7 Å². The Morgan fingerprint density at radius 3 is 2.71 bits per heavy atom. The van der Waals surface area contributed by atoms with Gasteiger partial charge in [-0.2, -0.15) is 0 Å². The number of carbonyl (C=O) groups excluding carboxylic acids is 1. The zero-order chi connectivity index (χ0) is 15.4. The van der Waals surface area contributed by atoms with Crippen molar-refractivity contribution in [1.82, 2.24) is 4.57 Å². The van der Waals surface area contributed by atoms with Crippen LogP contribution in [0.4, 0.5) is 0 Å². The Morgan fingerprint density at radius 1 is 1.33 bits per heavy atom. The minimum absolute atomic E-state index is 0.255. The smallest absolute Gasteiger partial charge is 0.358 e. The molecule has 0 amide bonds. The Hall–Kier alpha value is -2.76. The number of fused-ring (bicyclic) bond motifs is 1. The number of esters is 1. The molecule has 0 unspecified atom stereocenters. The van der Waals surface area contributed by atoms with Gasteiger partial charge in [0.2, 0.25) is 0 Å². The zero-order valence-electron chi connectivity index (χ0n) is 12.0. The van der Waals surface area contributed by atoms with Crippen LogP contribution in [-0.2, 0) is 14.3 Å². The van der Waals surface area contributed by atoms with Gasteiger partial charge in [-0.05, 0) is 24.4 Å². The second-order valence-electron chi connectivity index (χ2n) is 4.38. The highest BCUT2D eigenvalue weighted by molar-refractivity contribution is 6.12. The van der Waals surface area contributed by atoms with E-state index in [0.29, 0.717) is 5.71 Å². The molecule has 2 aromatic rings. The summed E-state index contributed by atoms with van der Waals surface area (Å²) >= 11 is 0. The van der Waals surface area contributed by atoms with Crippen molar-refractivity contribution in [3.63, 3.8) is 0 Å². The van der Waals surface area contributed by atoms with Crippen LogP contribution in [-0.4, -0.2) is 35.7 Å². The molecule has 0 aliphatic carbocycles. The standard InChI is InChI=1S/C15H16N2O4/c1-10(16-19)12-5-4-11-6-7-17(13(11)8-12)14(9-20-2)15(18)21-3/h4-9,19H,1-3H3/b14-9-,16-10+. The molecule has 0 aliphatic heterocycles. The molecule has 1 aromatic carbocycles. The van der Waals surface area contributed by atoms with Crippen LogP contribution in [0, 0.1) is 0 Å². The van der Waals surface area contributed by atoms with Crippen molar-refractivity contribution in [2.75, 3.05) is 14.2 Å². The second kappa shape index (κ2) is 6.13. The van der Waals surface area contributed by atoms with Crippen LogP contribution in [0.1, 0.15) is 12.5 Å². The van der Waals surface area contributed by atoms with Crippen LogP contribution in [0.5, 0.6) is 0 Å². The van der Waals surface area contributed by atoms with Gasteiger partial charge in [0, 0.05) is 11.8 Å². The highest BCUT2D eigenvalue weighted by Crippen LogP contribution is 2.22. The average molecular weight is 288 g/mol. The number of hydrogen-bond acceptors (Lipinski definition) is 5. The van der Waals surface area contributed by atoms with E-state index in [-0.39, 0.29) is 5.70 Å². The van der Waals surface area contributed by atoms with E-state index in [2.05, 4.69) is 5.16 Å². The van der Waals surface area contributed by atoms with Gasteiger partial charge in [0.05, 0.1) is 25.4 Å². The third kappa shape index (κ3) is 2.74. The Labute approximate surface area is 121 Å². The van der Waals surface area contributed by atoms with E-state index < -0.39 is 5.97 Å². The van der Waals surface area contributed by atoms with E-state index in [4.69, 9.17) is 14.7 Å². The number of hydrogen-bond donors (Lipinski definition) is 1. The van der Waals surface area contributed by atoms with Crippen molar-refractivity contribution < 1.29 is 19.5 Å². The Kier molecular flexibility index (Phi) is 4.27. The SMILES string of the molecule is CO/C=C(/C(=O)OC)n1ccc2ccc(/C(C)=N/O)cc21. The van der Waals surface area contributed by atoms with Crippen LogP contribution in [0.15, 0.2) is 41.9 Å². The normalized spacial score (nSPS) is 12.5. The predicted octanol–water partition coefficient (Wildman–Crippen LogP) is 2.46. The average Bonchev–Trinajstić information content (AvgIpc) is 2.93. The monoisotopic (exact) mass is 288 g/mol. The van der Waals surface area contributed by atoms with Gasteiger partial charge in [-0.15, -0.1) is 0 Å². The van der Waals surface area contributed by atoms with Crippen molar-refractivity contribution in [2.24, 2.45) is 5.16 Å². The lowest BCUT2D eigenvalue weighted by atomic mass is 10.1. The van der Waals surface area contributed by atoms with E-state index in [0.717, 1.165) is 16.5 Å². The number of benzene rings is 1. The van der Waals surface area contributed by atoms with Gasteiger partial charge < -0.3 is 19.2 Å². The van der Waals surface area contributed by atoms with Crippen molar-refractivity contribution >= 4 is 28.3 Å². The fourth-order valence-electron chi connectivity index (χ4n) is 2.04. The van der Waals surface area contributed by atoms with Gasteiger partial charge in [-0.3, -0.25) is 0 Å². The van der Waals surface area contributed by atoms with Gasteiger partial charge in [0.1, 0.15) is 6.26 Å². The molecular weight excluding hydrogens is 272 g/mol. The maximum Gasteiger partial charge on any atom is 0.358 e. The molecular formula is C15H16N2O4. The summed E-state index contributed by atoms with van der Waals surface area (Å²) < 4.78 is 11.4. The summed E-state index contributed by atoms with van der Waals surface area (Å²) in [7, 11) is 2.77. The van der Waals surface area contributed by atoms with Gasteiger partial charge in [-0.1, -0.05) is 17.3 Å². The number of ether oxygens (including phenoxy) is 2. The van der Waals surface area contributed by atoms with E-state index in [9.17, 15) is 4.79 Å². The number of aromatic nitrogens is 1. The molecule has 0 atom stereocenters. The number of rotatable bonds is 4. The molecule has 0 saturated carbocycles. The summed E-state index contributed by atoms with van der Waals surface area (Å²) in [5.74, 6) is -0.507. The van der Waals surface area contributed by atoms with E-state index >= 15 is 0 Å². The van der Waals surface area contributed by atoms with Gasteiger partial charge in [0.25, 0.3) is 0 Å². The fraction of sp³-hybridized carbons (Fsp3) is 0.200. The van der Waals surface area contributed by atoms with Crippen LogP contribution < -0.4 is 0 Å². The maximum atomic E-state index is 11.9. The molecule has 0 radical (unpaired) electrons. The van der Waals surface area contributed by atoms with Crippen molar-refractivity contribution in [1.29, 1.82) is 0 Å². The van der Waals surface area contributed by atoms with Gasteiger partial charge >= 0.3 is 5.97 Å². The van der Waals surface area contributed by atoms with Crippen molar-refractivity contribution in [2.45, 2.75) is 6.92 Å². The molecule has 110 valence electrons. The fourth-order valence-corrected chi connectivity index (χ4v) is 2.04. The Bertz CT molecular complexity index is 728. The first-order valence-corrected chi connectivity index (χ1v) is 6.24. The number of nitrogens with zero attached hydrogens (tertiary/aromatic N) is 2. The lowest BCUT2D eigenvalue weighted by Gasteiger charge is -2.09. The molecule has 1 heterocycles. The predicted molar refractivity (Wildman–Crippen MR) is 79.2 cm³/mol. The number of methoxy groups -OCH3 is 2. The quantitative estimate of drug-likeness (QED) is 0.234. The lowest BCUT2D eigenvalue weighted by molar-refractivity contribution is -0.134. The first-order chi connectivity index (χ1) is 10.1. The molecule has 6 nitrogen and oxygen atoms in total. The minimum atomic E-state index is -0.507. The van der Waals surface area contributed by atoms with Crippen LogP contribution in [0.3, 0.4) is 0 Å². The molecule has 1 N–H and O–H groups in total. The highest BCUT2D eigenvalue weighted by Gasteiger charge is 2.15. The van der Waals surface area contributed by atoms with Crippen molar-refractivity contribution in [3.8, 4) is 0 Å². The summed E-state index contributed by atoms with van der Waals surface area (Å²) in [6.45, 7) is 1.70. The van der Waals surface area contributed by atoms with E-state index in [1.807, 2.05) is 24.3 Å². The number of carbonyl (C=O) groups is 1. The summed E-state index contributed by atoms with van der Waals surface area (Å²) in [4.78, 5) is 11.9. The van der Waals surface area contributed by atoms with Crippen LogP contribution in [0.25, 0.3) is 16.6 Å². The lowest BCUT2D eigenvalue weighted by Crippen LogP contribution is -2.10. The topological polar surface area (TPSA) is 73.0 Å². The molecule has 0 bridgehead atoms. The van der Waals surface area contributed by atoms with E-state index in [1.165, 1.54) is 20.5 Å². The summed E-state index contributed by atoms with van der Waals surface area (Å²) in [5, 5.41) is 13.0. The molecule has 0 aliphatic rings. The Morgan fingerprint density at radius 2 is 2.10 bits per heavy atom. The maximum absolute atomic E-state index is 11.9. The largest absolute Gasteiger partial charge is 0.502 e. The van der Waals surface area contributed by atoms with Crippen molar-refractivity contribution in [3.05, 3.63) is 42.3 Å². The highest BCUT2D eigenvalue weighted by atomic mass is 16.5. The summed E-state index contributed by atoms with van der Waals surface area (Å²) in [6.07, 6.45) is 3.08. The first-order valence-electron chi connectivity index (χ1n) is 6.24. The number of oxime groups is 1. The Balaban J connectivity index is 2.63. The molecule has 2 rings (SSSR count). The molecule has 0 saturated heterocycles. The molecule has 21 heavy (non-hydrogen) atoms. The van der Waals surface area contributed by atoms with Gasteiger partial charge in [0.15, 0.2) is 5.70 Å². The summed E-state index contributed by atoms with van der Waals surface area (Å²) in [6, 6.07) is 7.44. The molecule has 6 heteroatoms. The van der Waals surface area contributed by atoms with Gasteiger partial charge in [-0.25, -0.2) is 4.79 Å². The van der Waals surface area contributed by atoms with Crippen LogP contribution >= 0.6 is 0 Å². The van der Waals surface area contributed by atoms with Crippen LogP contribution in [0.2, 0.25) is 0 Å². The molecule has 0 spiro atoms. The minimum Gasteiger partial charge on any atom is -0.502 e. The second-order valence-corrected chi connectivity index (χ2v) is 4.38. The summed E-state index contributed by atoms with van der Waals surface area (Å²) in [5.41, 5.74) is 2.28. The third-order valence-electron chi connectivity index (χ3n) is 3.14. The molecule has 0 fully saturated rings. The third-order valence-corrected chi connectivity index (χ3v) is 3.14. The zero-order valence-corrected chi connectivity index (χ0v) is 12.0.